The van der Waals surface area contributed by atoms with Gasteiger partial charge in [0.05, 0.1) is 12.8 Å². The zero-order valence-electron chi connectivity index (χ0n) is 9.89. The molecule has 0 radical (unpaired) electrons. The maximum Gasteiger partial charge on any atom is 0.150 e. The SMILES string of the molecule is CCOc1cncc(-c2cc(Cl)ccc2C=O)c1. The number of rotatable bonds is 4. The van der Waals surface area contributed by atoms with Crippen LogP contribution >= 0.6 is 11.6 Å². The molecule has 0 aliphatic carbocycles. The second-order valence-electron chi connectivity index (χ2n) is 3.69. The number of hydrogen-bond acceptors (Lipinski definition) is 3. The predicted octanol–water partition coefficient (Wildman–Crippen LogP) is 3.61. The molecule has 0 atom stereocenters. The van der Waals surface area contributed by atoms with Crippen molar-refractivity contribution < 1.29 is 9.53 Å². The van der Waals surface area contributed by atoms with Crippen LogP contribution in [-0.4, -0.2) is 17.9 Å². The van der Waals surface area contributed by atoms with Crippen molar-refractivity contribution in [1.82, 2.24) is 4.98 Å². The highest BCUT2D eigenvalue weighted by Crippen LogP contribution is 2.27. The maximum atomic E-state index is 11.0. The van der Waals surface area contributed by atoms with Crippen LogP contribution in [-0.2, 0) is 0 Å². The molecule has 0 amide bonds. The quantitative estimate of drug-likeness (QED) is 0.789. The molecule has 3 nitrogen and oxygen atoms in total. The summed E-state index contributed by atoms with van der Waals surface area (Å²) in [4.78, 5) is 15.1. The number of hydrogen-bond donors (Lipinski definition) is 0. The molecule has 0 aliphatic heterocycles. The Morgan fingerprint density at radius 1 is 1.33 bits per heavy atom. The van der Waals surface area contributed by atoms with Crippen LogP contribution < -0.4 is 4.74 Å². The van der Waals surface area contributed by atoms with E-state index in [0.717, 1.165) is 17.4 Å². The monoisotopic (exact) mass is 261 g/mol. The Labute approximate surface area is 110 Å². The molecule has 1 aromatic carbocycles. The molecule has 1 aromatic heterocycles. The second-order valence-corrected chi connectivity index (χ2v) is 4.13. The molecule has 2 rings (SSSR count). The molecule has 0 fully saturated rings. The summed E-state index contributed by atoms with van der Waals surface area (Å²) in [6.07, 6.45) is 4.12. The average Bonchev–Trinajstić information content (AvgIpc) is 2.39. The highest BCUT2D eigenvalue weighted by atomic mass is 35.5. The fourth-order valence-corrected chi connectivity index (χ4v) is 1.87. The Bertz CT molecular complexity index is 569. The fourth-order valence-electron chi connectivity index (χ4n) is 1.69. The van der Waals surface area contributed by atoms with Gasteiger partial charge >= 0.3 is 0 Å². The first-order valence-corrected chi connectivity index (χ1v) is 5.95. The summed E-state index contributed by atoms with van der Waals surface area (Å²) < 4.78 is 5.39. The van der Waals surface area contributed by atoms with Gasteiger partial charge in [0.1, 0.15) is 5.75 Å². The van der Waals surface area contributed by atoms with Gasteiger partial charge in [-0.3, -0.25) is 9.78 Å². The fraction of sp³-hybridized carbons (Fsp3) is 0.143. The Morgan fingerprint density at radius 2 is 2.17 bits per heavy atom. The van der Waals surface area contributed by atoms with Crippen LogP contribution in [0.2, 0.25) is 5.02 Å². The van der Waals surface area contributed by atoms with E-state index in [1.165, 1.54) is 0 Å². The highest BCUT2D eigenvalue weighted by Gasteiger charge is 2.07. The van der Waals surface area contributed by atoms with Crippen molar-refractivity contribution in [3.63, 3.8) is 0 Å². The van der Waals surface area contributed by atoms with Crippen LogP contribution in [0.25, 0.3) is 11.1 Å². The number of pyridine rings is 1. The molecule has 2 aromatic rings. The zero-order chi connectivity index (χ0) is 13.0. The third-order valence-electron chi connectivity index (χ3n) is 2.48. The number of benzene rings is 1. The Kier molecular flexibility index (Phi) is 3.95. The van der Waals surface area contributed by atoms with Crippen LogP contribution in [0.3, 0.4) is 0 Å². The van der Waals surface area contributed by atoms with Crippen molar-refractivity contribution in [3.8, 4) is 16.9 Å². The van der Waals surface area contributed by atoms with E-state index in [0.29, 0.717) is 22.9 Å². The summed E-state index contributed by atoms with van der Waals surface area (Å²) in [6.45, 7) is 2.48. The normalized spacial score (nSPS) is 10.1. The standard InChI is InChI=1S/C14H12ClNO2/c1-2-18-13-5-11(7-16-8-13)14-6-12(15)4-3-10(14)9-17/h3-9H,2H2,1H3. The molecule has 0 spiro atoms. The van der Waals surface area contributed by atoms with E-state index >= 15 is 0 Å². The van der Waals surface area contributed by atoms with E-state index in [1.54, 1.807) is 30.6 Å². The maximum absolute atomic E-state index is 11.0. The Hall–Kier alpha value is -1.87. The Balaban J connectivity index is 2.50. The number of ether oxygens (including phenoxy) is 1. The highest BCUT2D eigenvalue weighted by molar-refractivity contribution is 6.31. The van der Waals surface area contributed by atoms with E-state index in [2.05, 4.69) is 4.98 Å². The van der Waals surface area contributed by atoms with E-state index in [4.69, 9.17) is 16.3 Å². The van der Waals surface area contributed by atoms with Gasteiger partial charge in [0.25, 0.3) is 0 Å². The minimum absolute atomic E-state index is 0.571. The predicted molar refractivity (Wildman–Crippen MR) is 71.2 cm³/mol. The van der Waals surface area contributed by atoms with Gasteiger partial charge in [-0.05, 0) is 36.8 Å². The smallest absolute Gasteiger partial charge is 0.150 e. The summed E-state index contributed by atoms with van der Waals surface area (Å²) in [5.41, 5.74) is 2.15. The number of carbonyl (C=O) groups is 1. The Morgan fingerprint density at radius 3 is 2.89 bits per heavy atom. The van der Waals surface area contributed by atoms with Gasteiger partial charge in [-0.25, -0.2) is 0 Å². The minimum Gasteiger partial charge on any atom is -0.492 e. The van der Waals surface area contributed by atoms with E-state index < -0.39 is 0 Å². The first-order chi connectivity index (χ1) is 8.74. The summed E-state index contributed by atoms with van der Waals surface area (Å²) in [5, 5.41) is 0.581. The van der Waals surface area contributed by atoms with E-state index in [1.807, 2.05) is 13.0 Å². The van der Waals surface area contributed by atoms with Gasteiger partial charge in [0, 0.05) is 22.3 Å². The molecule has 0 unspecified atom stereocenters. The van der Waals surface area contributed by atoms with Gasteiger partial charge in [-0.2, -0.15) is 0 Å². The van der Waals surface area contributed by atoms with Crippen LogP contribution in [0, 0.1) is 0 Å². The molecule has 1 heterocycles. The van der Waals surface area contributed by atoms with E-state index in [9.17, 15) is 4.79 Å². The minimum atomic E-state index is 0.571. The number of aldehydes is 1. The van der Waals surface area contributed by atoms with Crippen molar-refractivity contribution in [2.24, 2.45) is 0 Å². The number of aromatic nitrogens is 1. The van der Waals surface area contributed by atoms with Crippen molar-refractivity contribution >= 4 is 17.9 Å². The average molecular weight is 262 g/mol. The lowest BCUT2D eigenvalue weighted by Crippen LogP contribution is -1.94. The molecule has 0 saturated heterocycles. The second kappa shape index (κ2) is 5.65. The topological polar surface area (TPSA) is 39.2 Å². The van der Waals surface area contributed by atoms with Crippen LogP contribution in [0.1, 0.15) is 17.3 Å². The molecule has 18 heavy (non-hydrogen) atoms. The summed E-state index contributed by atoms with van der Waals surface area (Å²) in [5.74, 6) is 0.673. The molecule has 0 aliphatic rings. The number of nitrogens with zero attached hydrogens (tertiary/aromatic N) is 1. The van der Waals surface area contributed by atoms with Crippen molar-refractivity contribution in [1.29, 1.82) is 0 Å². The number of halogens is 1. The first kappa shape index (κ1) is 12.6. The lowest BCUT2D eigenvalue weighted by Gasteiger charge is -2.08. The lowest BCUT2D eigenvalue weighted by atomic mass is 10.0. The third-order valence-corrected chi connectivity index (χ3v) is 2.71. The van der Waals surface area contributed by atoms with Gasteiger partial charge in [-0.15, -0.1) is 0 Å². The zero-order valence-corrected chi connectivity index (χ0v) is 10.6. The molecular formula is C14H12ClNO2. The molecular weight excluding hydrogens is 250 g/mol. The van der Waals surface area contributed by atoms with Crippen molar-refractivity contribution in [2.45, 2.75) is 6.92 Å². The van der Waals surface area contributed by atoms with Gasteiger partial charge in [-0.1, -0.05) is 11.6 Å². The van der Waals surface area contributed by atoms with Gasteiger partial charge in [0.2, 0.25) is 0 Å². The lowest BCUT2D eigenvalue weighted by molar-refractivity contribution is 0.112. The van der Waals surface area contributed by atoms with Crippen LogP contribution in [0.5, 0.6) is 5.75 Å². The van der Waals surface area contributed by atoms with Gasteiger partial charge < -0.3 is 4.74 Å². The summed E-state index contributed by atoms with van der Waals surface area (Å²) >= 11 is 5.96. The number of carbonyl (C=O) groups excluding carboxylic acids is 1. The van der Waals surface area contributed by atoms with E-state index in [-0.39, 0.29) is 0 Å². The van der Waals surface area contributed by atoms with Crippen LogP contribution in [0.4, 0.5) is 0 Å². The summed E-state index contributed by atoms with van der Waals surface area (Å²) in [7, 11) is 0. The molecule has 4 heteroatoms. The first-order valence-electron chi connectivity index (χ1n) is 5.57. The van der Waals surface area contributed by atoms with Crippen LogP contribution in [0.15, 0.2) is 36.7 Å². The van der Waals surface area contributed by atoms with Crippen molar-refractivity contribution in [3.05, 3.63) is 47.2 Å². The molecule has 0 bridgehead atoms. The molecule has 0 saturated carbocycles. The third kappa shape index (κ3) is 2.68. The molecule has 92 valence electrons. The molecule has 0 N–H and O–H groups in total. The largest absolute Gasteiger partial charge is 0.492 e. The summed E-state index contributed by atoms with van der Waals surface area (Å²) in [6, 6.07) is 6.97. The van der Waals surface area contributed by atoms with Crippen molar-refractivity contribution in [2.75, 3.05) is 6.61 Å². The van der Waals surface area contributed by atoms with Gasteiger partial charge in [0.15, 0.2) is 6.29 Å².